The number of hydrogen-bond donors (Lipinski definition) is 2. The number of hydrogen-bond acceptors (Lipinski definition) is 5. The molecule has 0 aromatic carbocycles. The number of carbonyl (C=O) groups is 1. The Morgan fingerprint density at radius 2 is 2.45 bits per heavy atom. The van der Waals surface area contributed by atoms with Crippen LogP contribution in [0.2, 0.25) is 0 Å². The fourth-order valence-electron chi connectivity index (χ4n) is 2.44. The number of nitrogens with one attached hydrogen (secondary N) is 1. The predicted molar refractivity (Wildman–Crippen MR) is 77.6 cm³/mol. The van der Waals surface area contributed by atoms with Crippen LogP contribution in [0.1, 0.15) is 39.2 Å². The minimum atomic E-state index is -0.131. The quantitative estimate of drug-likeness (QED) is 0.892. The number of carbonyl (C=O) groups excluding carboxylic acids is 1. The maximum absolute atomic E-state index is 12.2. The van der Waals surface area contributed by atoms with Crippen LogP contribution in [0.4, 0.5) is 0 Å². The lowest BCUT2D eigenvalue weighted by atomic mass is 10.2. The molecule has 3 N–H and O–H groups in total. The van der Waals surface area contributed by atoms with Crippen LogP contribution in [-0.4, -0.2) is 22.4 Å². The Hall–Kier alpha value is -1.79. The van der Waals surface area contributed by atoms with E-state index in [0.29, 0.717) is 18.7 Å². The number of amides is 1. The average molecular weight is 288 g/mol. The molecule has 0 aliphatic heterocycles. The molecule has 0 spiro atoms. The number of nitrogens with two attached hydrogens (primary N) is 1. The molecule has 1 aliphatic rings. The summed E-state index contributed by atoms with van der Waals surface area (Å²) in [5.74, 6) is -0.131. The van der Waals surface area contributed by atoms with E-state index >= 15 is 0 Å². The SMILES string of the molecule is NCCc1nc(C(=O)NC2CCc3cccnc32)cs1. The Morgan fingerprint density at radius 1 is 1.55 bits per heavy atom. The summed E-state index contributed by atoms with van der Waals surface area (Å²) >= 11 is 1.48. The highest BCUT2D eigenvalue weighted by molar-refractivity contribution is 7.09. The number of aromatic nitrogens is 2. The molecule has 5 nitrogen and oxygen atoms in total. The zero-order chi connectivity index (χ0) is 13.9. The minimum absolute atomic E-state index is 0.00152. The zero-order valence-corrected chi connectivity index (χ0v) is 11.8. The summed E-state index contributed by atoms with van der Waals surface area (Å²) in [5, 5.41) is 5.71. The van der Waals surface area contributed by atoms with Gasteiger partial charge in [0, 0.05) is 18.0 Å². The predicted octanol–water partition coefficient (Wildman–Crippen LogP) is 1.46. The van der Waals surface area contributed by atoms with E-state index in [1.54, 1.807) is 11.6 Å². The van der Waals surface area contributed by atoms with Gasteiger partial charge in [0.05, 0.1) is 16.7 Å². The molecule has 1 unspecified atom stereocenters. The van der Waals surface area contributed by atoms with Crippen LogP contribution in [0.3, 0.4) is 0 Å². The lowest BCUT2D eigenvalue weighted by molar-refractivity contribution is 0.0931. The van der Waals surface area contributed by atoms with E-state index in [2.05, 4.69) is 21.4 Å². The second kappa shape index (κ2) is 5.68. The first-order chi connectivity index (χ1) is 9.78. The normalized spacial score (nSPS) is 16.9. The van der Waals surface area contributed by atoms with Crippen LogP contribution in [0.5, 0.6) is 0 Å². The van der Waals surface area contributed by atoms with Crippen LogP contribution in [0.15, 0.2) is 23.7 Å². The second-order valence-electron chi connectivity index (χ2n) is 4.78. The Balaban J connectivity index is 1.70. The molecule has 2 aromatic heterocycles. The van der Waals surface area contributed by atoms with Gasteiger partial charge in [-0.05, 0) is 31.0 Å². The number of nitrogens with zero attached hydrogens (tertiary/aromatic N) is 2. The molecule has 0 saturated carbocycles. The molecule has 20 heavy (non-hydrogen) atoms. The smallest absolute Gasteiger partial charge is 0.271 e. The molecule has 0 bridgehead atoms. The van der Waals surface area contributed by atoms with E-state index in [1.807, 2.05) is 6.07 Å². The van der Waals surface area contributed by atoms with Crippen LogP contribution in [-0.2, 0) is 12.8 Å². The Kier molecular flexibility index (Phi) is 3.75. The van der Waals surface area contributed by atoms with Gasteiger partial charge in [-0.1, -0.05) is 6.07 Å². The molecule has 2 aromatic rings. The van der Waals surface area contributed by atoms with Crippen molar-refractivity contribution < 1.29 is 4.79 Å². The monoisotopic (exact) mass is 288 g/mol. The molecule has 3 rings (SSSR count). The Morgan fingerprint density at radius 3 is 3.30 bits per heavy atom. The summed E-state index contributed by atoms with van der Waals surface area (Å²) < 4.78 is 0. The highest BCUT2D eigenvalue weighted by Gasteiger charge is 2.25. The summed E-state index contributed by atoms with van der Waals surface area (Å²) in [7, 11) is 0. The van der Waals surface area contributed by atoms with E-state index in [-0.39, 0.29) is 11.9 Å². The van der Waals surface area contributed by atoms with Crippen LogP contribution >= 0.6 is 11.3 Å². The van der Waals surface area contributed by atoms with Crippen molar-refractivity contribution in [3.05, 3.63) is 45.7 Å². The summed E-state index contributed by atoms with van der Waals surface area (Å²) in [6, 6.07) is 4.00. The Bertz CT molecular complexity index is 625. The van der Waals surface area contributed by atoms with E-state index in [4.69, 9.17) is 5.73 Å². The summed E-state index contributed by atoms with van der Waals surface area (Å²) in [6.45, 7) is 0.550. The molecule has 1 amide bonds. The standard InChI is InChI=1S/C14H16N4OS/c15-6-5-12-17-11(8-20-12)14(19)18-10-4-3-9-2-1-7-16-13(9)10/h1-2,7-8,10H,3-6,15H2,(H,18,19). The highest BCUT2D eigenvalue weighted by Crippen LogP contribution is 2.29. The largest absolute Gasteiger partial charge is 0.342 e. The van der Waals surface area contributed by atoms with Crippen LogP contribution in [0.25, 0.3) is 0 Å². The molecule has 0 radical (unpaired) electrons. The topological polar surface area (TPSA) is 80.9 Å². The van der Waals surface area contributed by atoms with Crippen molar-refractivity contribution in [2.45, 2.75) is 25.3 Å². The van der Waals surface area contributed by atoms with Gasteiger partial charge < -0.3 is 11.1 Å². The van der Waals surface area contributed by atoms with Crippen LogP contribution < -0.4 is 11.1 Å². The van der Waals surface area contributed by atoms with Gasteiger partial charge in [0.15, 0.2) is 0 Å². The molecular weight excluding hydrogens is 272 g/mol. The van der Waals surface area contributed by atoms with Gasteiger partial charge in [0.1, 0.15) is 5.69 Å². The summed E-state index contributed by atoms with van der Waals surface area (Å²) in [5.41, 5.74) is 8.17. The maximum Gasteiger partial charge on any atom is 0.271 e. The molecule has 6 heteroatoms. The van der Waals surface area contributed by atoms with Crippen molar-refractivity contribution in [3.8, 4) is 0 Å². The average Bonchev–Trinajstić information content (AvgIpc) is 3.07. The molecule has 0 fully saturated rings. The molecule has 1 atom stereocenters. The van der Waals surface area contributed by atoms with E-state index in [0.717, 1.165) is 23.5 Å². The first-order valence-electron chi connectivity index (χ1n) is 6.67. The summed E-state index contributed by atoms with van der Waals surface area (Å²) in [4.78, 5) is 20.9. The van der Waals surface area contributed by atoms with Gasteiger partial charge in [-0.25, -0.2) is 4.98 Å². The number of pyridine rings is 1. The molecular formula is C14H16N4OS. The van der Waals surface area contributed by atoms with Crippen molar-refractivity contribution in [3.63, 3.8) is 0 Å². The van der Waals surface area contributed by atoms with Crippen molar-refractivity contribution in [1.29, 1.82) is 0 Å². The molecule has 104 valence electrons. The first-order valence-corrected chi connectivity index (χ1v) is 7.55. The highest BCUT2D eigenvalue weighted by atomic mass is 32.1. The Labute approximate surface area is 121 Å². The van der Waals surface area contributed by atoms with Gasteiger partial charge in [-0.3, -0.25) is 9.78 Å². The van der Waals surface area contributed by atoms with Gasteiger partial charge in [0.25, 0.3) is 5.91 Å². The molecule has 0 saturated heterocycles. The summed E-state index contributed by atoms with van der Waals surface area (Å²) in [6.07, 6.45) is 4.35. The van der Waals surface area contributed by atoms with Gasteiger partial charge in [-0.2, -0.15) is 0 Å². The third kappa shape index (κ3) is 2.57. The number of rotatable bonds is 4. The van der Waals surface area contributed by atoms with E-state index in [9.17, 15) is 4.79 Å². The van der Waals surface area contributed by atoms with Crippen molar-refractivity contribution >= 4 is 17.2 Å². The van der Waals surface area contributed by atoms with Crippen LogP contribution in [0, 0.1) is 0 Å². The van der Waals surface area contributed by atoms with E-state index < -0.39 is 0 Å². The van der Waals surface area contributed by atoms with Gasteiger partial charge in [0.2, 0.25) is 0 Å². The molecule has 2 heterocycles. The van der Waals surface area contributed by atoms with Crippen molar-refractivity contribution in [2.75, 3.05) is 6.54 Å². The fraction of sp³-hybridized carbons (Fsp3) is 0.357. The lowest BCUT2D eigenvalue weighted by Gasteiger charge is -2.11. The van der Waals surface area contributed by atoms with Crippen molar-refractivity contribution in [1.82, 2.24) is 15.3 Å². The molecule has 1 aliphatic carbocycles. The number of fused-ring (bicyclic) bond motifs is 1. The maximum atomic E-state index is 12.2. The first kappa shape index (κ1) is 13.2. The van der Waals surface area contributed by atoms with Gasteiger partial charge >= 0.3 is 0 Å². The zero-order valence-electron chi connectivity index (χ0n) is 11.0. The minimum Gasteiger partial charge on any atom is -0.342 e. The lowest BCUT2D eigenvalue weighted by Crippen LogP contribution is -2.27. The van der Waals surface area contributed by atoms with Gasteiger partial charge in [-0.15, -0.1) is 11.3 Å². The van der Waals surface area contributed by atoms with Crippen molar-refractivity contribution in [2.24, 2.45) is 5.73 Å². The third-order valence-corrected chi connectivity index (χ3v) is 4.32. The number of aryl methyl sites for hydroxylation is 1. The second-order valence-corrected chi connectivity index (χ2v) is 5.72. The van der Waals surface area contributed by atoms with E-state index in [1.165, 1.54) is 16.9 Å². The number of thiazole rings is 1. The fourth-order valence-corrected chi connectivity index (χ4v) is 3.23. The third-order valence-electron chi connectivity index (χ3n) is 3.41.